The van der Waals surface area contributed by atoms with Crippen molar-refractivity contribution in [2.45, 2.75) is 39.2 Å². The minimum Gasteiger partial charge on any atom is -0.379 e. The quantitative estimate of drug-likeness (QED) is 0.633. The van der Waals surface area contributed by atoms with Crippen LogP contribution < -0.4 is 5.32 Å². The Balaban J connectivity index is 1.47. The average molecular weight is 364 g/mol. The van der Waals surface area contributed by atoms with Crippen LogP contribution in [0.25, 0.3) is 0 Å². The van der Waals surface area contributed by atoms with Gasteiger partial charge in [-0.05, 0) is 12.3 Å². The topological polar surface area (TPSA) is 79.0 Å². The summed E-state index contributed by atoms with van der Waals surface area (Å²) >= 11 is 0. The van der Waals surface area contributed by atoms with Gasteiger partial charge in [-0.1, -0.05) is 25.9 Å². The Labute approximate surface area is 156 Å². The Kier molecular flexibility index (Phi) is 6.13. The summed E-state index contributed by atoms with van der Waals surface area (Å²) in [6.45, 7) is 13.8. The molecule has 3 rings (SSSR count). The third kappa shape index (κ3) is 4.94. The molecule has 2 aliphatic heterocycles. The van der Waals surface area contributed by atoms with Crippen LogP contribution in [0.1, 0.15) is 38.9 Å². The van der Waals surface area contributed by atoms with E-state index in [0.29, 0.717) is 24.2 Å². The van der Waals surface area contributed by atoms with Gasteiger partial charge in [0.25, 0.3) is 0 Å². The zero-order chi connectivity index (χ0) is 18.6. The Morgan fingerprint density at radius 2 is 2.04 bits per heavy atom. The number of nitrogens with one attached hydrogen (secondary N) is 1. The van der Waals surface area contributed by atoms with Crippen LogP contribution in [0.5, 0.6) is 0 Å². The van der Waals surface area contributed by atoms with Crippen molar-refractivity contribution in [3.63, 3.8) is 0 Å². The van der Waals surface area contributed by atoms with Crippen molar-refractivity contribution in [1.29, 1.82) is 0 Å². The normalized spacial score (nSPS) is 22.8. The summed E-state index contributed by atoms with van der Waals surface area (Å²) in [4.78, 5) is 13.8. The number of guanidine groups is 1. The standard InChI is InChI=1S/C18H32N6O2/c1-18(2,3)16-21-15(22-26-16)11-20-17(19-4)24-6-5-14(13-24)12-23-7-9-25-10-8-23/h14H,5-13H2,1-4H3,(H,19,20). The van der Waals surface area contributed by atoms with Crippen molar-refractivity contribution < 1.29 is 9.26 Å². The minimum absolute atomic E-state index is 0.130. The predicted molar refractivity (Wildman–Crippen MR) is 100 cm³/mol. The van der Waals surface area contributed by atoms with Gasteiger partial charge < -0.3 is 19.5 Å². The summed E-state index contributed by atoms with van der Waals surface area (Å²) in [6, 6.07) is 0. The van der Waals surface area contributed by atoms with Gasteiger partial charge >= 0.3 is 0 Å². The van der Waals surface area contributed by atoms with Crippen LogP contribution in [0, 0.1) is 5.92 Å². The number of aromatic nitrogens is 2. The van der Waals surface area contributed by atoms with E-state index >= 15 is 0 Å². The summed E-state index contributed by atoms with van der Waals surface area (Å²) in [7, 11) is 1.83. The number of nitrogens with zero attached hydrogens (tertiary/aromatic N) is 5. The highest BCUT2D eigenvalue weighted by atomic mass is 16.5. The van der Waals surface area contributed by atoms with Gasteiger partial charge in [-0.3, -0.25) is 9.89 Å². The summed E-state index contributed by atoms with van der Waals surface area (Å²) in [6.07, 6.45) is 1.20. The molecule has 146 valence electrons. The smallest absolute Gasteiger partial charge is 0.232 e. The predicted octanol–water partition coefficient (Wildman–Crippen LogP) is 1.10. The van der Waals surface area contributed by atoms with Crippen molar-refractivity contribution in [2.75, 3.05) is 53.0 Å². The first-order chi connectivity index (χ1) is 12.5. The monoisotopic (exact) mass is 364 g/mol. The second-order valence-electron chi connectivity index (χ2n) is 8.18. The maximum absolute atomic E-state index is 5.44. The lowest BCUT2D eigenvalue weighted by molar-refractivity contribution is 0.0315. The van der Waals surface area contributed by atoms with E-state index in [1.54, 1.807) is 0 Å². The highest BCUT2D eigenvalue weighted by molar-refractivity contribution is 5.80. The first-order valence-electron chi connectivity index (χ1n) is 9.54. The third-order valence-electron chi connectivity index (χ3n) is 4.93. The average Bonchev–Trinajstić information content (AvgIpc) is 3.26. The second kappa shape index (κ2) is 8.35. The molecule has 0 aliphatic carbocycles. The number of hydrogen-bond acceptors (Lipinski definition) is 6. The van der Waals surface area contributed by atoms with Gasteiger partial charge in [0.15, 0.2) is 11.8 Å². The van der Waals surface area contributed by atoms with E-state index in [0.717, 1.165) is 51.9 Å². The van der Waals surface area contributed by atoms with E-state index in [1.807, 2.05) is 7.05 Å². The third-order valence-corrected chi connectivity index (χ3v) is 4.93. The molecule has 1 atom stereocenters. The lowest BCUT2D eigenvalue weighted by atomic mass is 9.97. The van der Waals surface area contributed by atoms with Gasteiger partial charge in [0.1, 0.15) is 0 Å². The molecular weight excluding hydrogens is 332 g/mol. The van der Waals surface area contributed by atoms with Gasteiger partial charge in [-0.2, -0.15) is 4.98 Å². The van der Waals surface area contributed by atoms with Crippen LogP contribution in [0.3, 0.4) is 0 Å². The van der Waals surface area contributed by atoms with Gasteiger partial charge in [-0.15, -0.1) is 0 Å². The number of likely N-dealkylation sites (tertiary alicyclic amines) is 1. The van der Waals surface area contributed by atoms with Crippen LogP contribution in [-0.4, -0.2) is 78.9 Å². The molecule has 1 aromatic rings. The summed E-state index contributed by atoms with van der Waals surface area (Å²) in [5.41, 5.74) is -0.130. The molecule has 2 aliphatic rings. The molecule has 0 radical (unpaired) electrons. The van der Waals surface area contributed by atoms with E-state index in [-0.39, 0.29) is 5.41 Å². The van der Waals surface area contributed by atoms with Crippen LogP contribution in [-0.2, 0) is 16.7 Å². The molecule has 1 unspecified atom stereocenters. The number of morpholine rings is 1. The number of ether oxygens (including phenoxy) is 1. The molecular formula is C18H32N6O2. The number of aliphatic imine (C=N–C) groups is 1. The molecule has 2 fully saturated rings. The van der Waals surface area contributed by atoms with Gasteiger partial charge in [0, 0.05) is 45.2 Å². The van der Waals surface area contributed by atoms with Gasteiger partial charge in [0.2, 0.25) is 5.89 Å². The molecule has 26 heavy (non-hydrogen) atoms. The second-order valence-corrected chi connectivity index (χ2v) is 8.18. The molecule has 1 aromatic heterocycles. The van der Waals surface area contributed by atoms with Crippen molar-refractivity contribution in [1.82, 2.24) is 25.3 Å². The van der Waals surface area contributed by atoms with Crippen LogP contribution in [0.2, 0.25) is 0 Å². The maximum atomic E-state index is 5.44. The molecule has 3 heterocycles. The lowest BCUT2D eigenvalue weighted by Gasteiger charge is -2.29. The molecule has 1 N–H and O–H groups in total. The van der Waals surface area contributed by atoms with Gasteiger partial charge in [-0.25, -0.2) is 0 Å². The fourth-order valence-electron chi connectivity index (χ4n) is 3.44. The fraction of sp³-hybridized carbons (Fsp3) is 0.833. The van der Waals surface area contributed by atoms with Gasteiger partial charge in [0.05, 0.1) is 19.8 Å². The Morgan fingerprint density at radius 1 is 1.27 bits per heavy atom. The van der Waals surface area contributed by atoms with E-state index in [4.69, 9.17) is 9.26 Å². The van der Waals surface area contributed by atoms with E-state index in [9.17, 15) is 0 Å². The van der Waals surface area contributed by atoms with E-state index in [1.165, 1.54) is 6.42 Å². The van der Waals surface area contributed by atoms with Crippen LogP contribution in [0.4, 0.5) is 0 Å². The van der Waals surface area contributed by atoms with Crippen molar-refractivity contribution in [3.05, 3.63) is 11.7 Å². The number of rotatable bonds is 4. The Bertz CT molecular complexity index is 603. The zero-order valence-electron chi connectivity index (χ0n) is 16.5. The molecule has 0 spiro atoms. The van der Waals surface area contributed by atoms with Crippen molar-refractivity contribution >= 4 is 5.96 Å². The van der Waals surface area contributed by atoms with Crippen LogP contribution in [0.15, 0.2) is 9.52 Å². The fourth-order valence-corrected chi connectivity index (χ4v) is 3.44. The molecule has 8 nitrogen and oxygen atoms in total. The number of hydrogen-bond donors (Lipinski definition) is 1. The van der Waals surface area contributed by atoms with Crippen molar-refractivity contribution in [2.24, 2.45) is 10.9 Å². The highest BCUT2D eigenvalue weighted by Gasteiger charge is 2.27. The highest BCUT2D eigenvalue weighted by Crippen LogP contribution is 2.20. The summed E-state index contributed by atoms with van der Waals surface area (Å²) < 4.78 is 10.8. The molecule has 0 aromatic carbocycles. The van der Waals surface area contributed by atoms with Crippen molar-refractivity contribution in [3.8, 4) is 0 Å². The van der Waals surface area contributed by atoms with E-state index in [2.05, 4.69) is 51.0 Å². The summed E-state index contributed by atoms with van der Waals surface area (Å²) in [5.74, 6) is 2.93. The maximum Gasteiger partial charge on any atom is 0.232 e. The zero-order valence-corrected chi connectivity index (χ0v) is 16.5. The van der Waals surface area contributed by atoms with E-state index < -0.39 is 0 Å². The largest absolute Gasteiger partial charge is 0.379 e. The molecule has 0 saturated carbocycles. The minimum atomic E-state index is -0.130. The first kappa shape index (κ1) is 19.1. The Hall–Kier alpha value is -1.67. The van der Waals surface area contributed by atoms with Crippen LogP contribution >= 0.6 is 0 Å². The molecule has 0 amide bonds. The SMILES string of the molecule is CN=C(NCc1noc(C(C)(C)C)n1)N1CCC(CN2CCOCC2)C1. The molecule has 8 heteroatoms. The lowest BCUT2D eigenvalue weighted by Crippen LogP contribution is -2.42. The molecule has 2 saturated heterocycles. The Morgan fingerprint density at radius 3 is 2.69 bits per heavy atom. The first-order valence-corrected chi connectivity index (χ1v) is 9.54. The molecule has 0 bridgehead atoms. The summed E-state index contributed by atoms with van der Waals surface area (Å²) in [5, 5.41) is 7.44.